The molecule has 0 bridgehead atoms. The van der Waals surface area contributed by atoms with Crippen molar-refractivity contribution in [2.24, 2.45) is 0 Å². The molecule has 0 aliphatic carbocycles. The van der Waals surface area contributed by atoms with Crippen LogP contribution in [0.25, 0.3) is 0 Å². The summed E-state index contributed by atoms with van der Waals surface area (Å²) in [5.41, 5.74) is 1.03. The lowest BCUT2D eigenvalue weighted by Gasteiger charge is -2.03. The number of carbonyl (C=O) groups is 1. The van der Waals surface area contributed by atoms with Gasteiger partial charge in [-0.1, -0.05) is 11.6 Å². The lowest BCUT2D eigenvalue weighted by atomic mass is 10.2. The molecular formula is C8H8ClNO2S2. The number of rotatable bonds is 3. The quantitative estimate of drug-likeness (QED) is 0.635. The van der Waals surface area contributed by atoms with Gasteiger partial charge in [-0.05, 0) is 41.5 Å². The Morgan fingerprint density at radius 2 is 2.29 bits per heavy atom. The number of halogens is 1. The first-order valence-electron chi connectivity index (χ1n) is 3.68. The minimum absolute atomic E-state index is 0.683. The fourth-order valence-electron chi connectivity index (χ4n) is 0.808. The Morgan fingerprint density at radius 3 is 2.86 bits per heavy atom. The summed E-state index contributed by atoms with van der Waals surface area (Å²) in [6, 6.07) is 5.47. The molecule has 0 saturated carbocycles. The van der Waals surface area contributed by atoms with E-state index in [1.165, 1.54) is 10.8 Å². The molecule has 0 atom stereocenters. The Morgan fingerprint density at radius 1 is 1.57 bits per heavy atom. The molecule has 0 fully saturated rings. The summed E-state index contributed by atoms with van der Waals surface area (Å²) >= 11 is 5.78. The fourth-order valence-corrected chi connectivity index (χ4v) is 2.72. The van der Waals surface area contributed by atoms with E-state index in [2.05, 4.69) is 4.72 Å². The van der Waals surface area contributed by atoms with Crippen LogP contribution in [0.15, 0.2) is 23.1 Å². The van der Waals surface area contributed by atoms with E-state index < -0.39 is 6.09 Å². The fraction of sp³-hybridized carbons (Fsp3) is 0.125. The lowest BCUT2D eigenvalue weighted by molar-refractivity contribution is 0.202. The third-order valence-corrected chi connectivity index (χ3v) is 3.65. The van der Waals surface area contributed by atoms with E-state index in [1.807, 2.05) is 19.1 Å². The molecule has 0 aliphatic heterocycles. The smallest absolute Gasteiger partial charge is 0.415 e. The van der Waals surface area contributed by atoms with Crippen LogP contribution in [-0.2, 0) is 0 Å². The zero-order chi connectivity index (χ0) is 10.6. The molecular weight excluding hydrogens is 242 g/mol. The minimum Gasteiger partial charge on any atom is -0.464 e. The van der Waals surface area contributed by atoms with Gasteiger partial charge in [-0.25, -0.2) is 4.79 Å². The van der Waals surface area contributed by atoms with Crippen molar-refractivity contribution in [3.8, 4) is 0 Å². The van der Waals surface area contributed by atoms with Crippen LogP contribution in [0.5, 0.6) is 0 Å². The topological polar surface area (TPSA) is 49.3 Å². The minimum atomic E-state index is -1.05. The Kier molecular flexibility index (Phi) is 4.44. The van der Waals surface area contributed by atoms with Crippen molar-refractivity contribution in [2.45, 2.75) is 11.8 Å². The van der Waals surface area contributed by atoms with E-state index in [1.54, 1.807) is 6.07 Å². The predicted molar refractivity (Wildman–Crippen MR) is 60.8 cm³/mol. The molecule has 76 valence electrons. The van der Waals surface area contributed by atoms with Crippen LogP contribution in [0.2, 0.25) is 5.02 Å². The van der Waals surface area contributed by atoms with Crippen LogP contribution in [0.1, 0.15) is 5.56 Å². The van der Waals surface area contributed by atoms with E-state index in [0.29, 0.717) is 5.02 Å². The lowest BCUT2D eigenvalue weighted by Crippen LogP contribution is -2.09. The largest absolute Gasteiger partial charge is 0.464 e. The van der Waals surface area contributed by atoms with Crippen molar-refractivity contribution in [2.75, 3.05) is 0 Å². The van der Waals surface area contributed by atoms with Crippen LogP contribution in [0.3, 0.4) is 0 Å². The highest BCUT2D eigenvalue weighted by molar-refractivity contribution is 8.76. The summed E-state index contributed by atoms with van der Waals surface area (Å²) in [4.78, 5) is 11.2. The van der Waals surface area contributed by atoms with Gasteiger partial charge in [0.2, 0.25) is 0 Å². The van der Waals surface area contributed by atoms with E-state index in [-0.39, 0.29) is 0 Å². The van der Waals surface area contributed by atoms with Crippen LogP contribution in [0, 0.1) is 6.92 Å². The summed E-state index contributed by atoms with van der Waals surface area (Å²) in [7, 11) is 2.41. The maximum Gasteiger partial charge on any atom is 0.415 e. The Labute approximate surface area is 94.8 Å². The molecule has 3 nitrogen and oxygen atoms in total. The number of carboxylic acid groups (broad SMARTS) is 1. The van der Waals surface area contributed by atoms with Gasteiger partial charge in [-0.15, -0.1) is 0 Å². The molecule has 0 saturated heterocycles. The molecule has 0 aromatic heterocycles. The van der Waals surface area contributed by atoms with Gasteiger partial charge >= 0.3 is 6.09 Å². The highest BCUT2D eigenvalue weighted by atomic mass is 35.5. The van der Waals surface area contributed by atoms with Gasteiger partial charge in [-0.2, -0.15) is 0 Å². The predicted octanol–water partition coefficient (Wildman–Crippen LogP) is 3.57. The van der Waals surface area contributed by atoms with Gasteiger partial charge in [-0.3, -0.25) is 4.72 Å². The maximum absolute atomic E-state index is 10.2. The molecule has 1 amide bonds. The van der Waals surface area contributed by atoms with Crippen molar-refractivity contribution in [3.05, 3.63) is 28.8 Å². The number of aryl methyl sites for hydroxylation is 1. The molecule has 1 aromatic rings. The first-order chi connectivity index (χ1) is 6.59. The first kappa shape index (κ1) is 11.6. The molecule has 0 heterocycles. The monoisotopic (exact) mass is 249 g/mol. The second-order valence-corrected chi connectivity index (χ2v) is 4.90. The molecule has 2 N–H and O–H groups in total. The average molecular weight is 250 g/mol. The molecule has 0 aliphatic rings. The highest BCUT2D eigenvalue weighted by Crippen LogP contribution is 2.32. The summed E-state index contributed by atoms with van der Waals surface area (Å²) in [6.45, 7) is 1.93. The molecule has 0 spiro atoms. The zero-order valence-electron chi connectivity index (χ0n) is 7.28. The van der Waals surface area contributed by atoms with Crippen molar-refractivity contribution in [1.29, 1.82) is 0 Å². The van der Waals surface area contributed by atoms with E-state index in [9.17, 15) is 4.79 Å². The SMILES string of the molecule is Cc1cc(Cl)ccc1SSNC(=O)O. The highest BCUT2D eigenvalue weighted by Gasteiger charge is 2.01. The van der Waals surface area contributed by atoms with E-state index in [0.717, 1.165) is 21.4 Å². The molecule has 6 heteroatoms. The Bertz CT molecular complexity index is 346. The zero-order valence-corrected chi connectivity index (χ0v) is 9.67. The molecule has 0 unspecified atom stereocenters. The summed E-state index contributed by atoms with van der Waals surface area (Å²) in [6.07, 6.45) is -1.05. The Hall–Kier alpha value is -0.520. The second-order valence-electron chi connectivity index (χ2n) is 2.48. The molecule has 0 radical (unpaired) electrons. The molecule has 1 rings (SSSR count). The van der Waals surface area contributed by atoms with Crippen molar-refractivity contribution in [3.63, 3.8) is 0 Å². The summed E-state index contributed by atoms with van der Waals surface area (Å²) < 4.78 is 2.20. The first-order valence-corrected chi connectivity index (χ1v) is 6.21. The summed E-state index contributed by atoms with van der Waals surface area (Å²) in [5, 5.41) is 9.02. The Balaban J connectivity index is 2.55. The number of benzene rings is 1. The third kappa shape index (κ3) is 3.69. The molecule has 1 aromatic carbocycles. The van der Waals surface area contributed by atoms with Crippen LogP contribution in [0.4, 0.5) is 4.79 Å². The standard InChI is InChI=1S/C8H8ClNO2S2/c1-5-4-6(9)2-3-7(5)13-14-10-8(11)12/h2-4,10H,1H3,(H,11,12). The van der Waals surface area contributed by atoms with Crippen molar-refractivity contribution < 1.29 is 9.90 Å². The molecule has 14 heavy (non-hydrogen) atoms. The van der Waals surface area contributed by atoms with Gasteiger partial charge in [0, 0.05) is 20.9 Å². The normalized spacial score (nSPS) is 9.86. The van der Waals surface area contributed by atoms with E-state index >= 15 is 0 Å². The van der Waals surface area contributed by atoms with Gasteiger partial charge < -0.3 is 5.11 Å². The van der Waals surface area contributed by atoms with Gasteiger partial charge in [0.25, 0.3) is 0 Å². The van der Waals surface area contributed by atoms with Crippen molar-refractivity contribution in [1.82, 2.24) is 4.72 Å². The van der Waals surface area contributed by atoms with Crippen molar-refractivity contribution >= 4 is 39.5 Å². The van der Waals surface area contributed by atoms with Gasteiger partial charge in [0.1, 0.15) is 0 Å². The van der Waals surface area contributed by atoms with Crippen LogP contribution < -0.4 is 4.72 Å². The number of hydrogen-bond donors (Lipinski definition) is 2. The third-order valence-electron chi connectivity index (χ3n) is 1.40. The number of nitrogens with one attached hydrogen (secondary N) is 1. The van der Waals surface area contributed by atoms with E-state index in [4.69, 9.17) is 16.7 Å². The number of hydrogen-bond acceptors (Lipinski definition) is 3. The van der Waals surface area contributed by atoms with Gasteiger partial charge in [0.15, 0.2) is 0 Å². The van der Waals surface area contributed by atoms with Crippen LogP contribution >= 0.6 is 33.4 Å². The number of amides is 1. The van der Waals surface area contributed by atoms with Gasteiger partial charge in [0.05, 0.1) is 0 Å². The van der Waals surface area contributed by atoms with Crippen LogP contribution in [-0.4, -0.2) is 11.2 Å². The summed E-state index contributed by atoms with van der Waals surface area (Å²) in [5.74, 6) is 0. The average Bonchev–Trinajstić information content (AvgIpc) is 2.08. The maximum atomic E-state index is 10.2. The second kappa shape index (κ2) is 5.38.